The lowest BCUT2D eigenvalue weighted by molar-refractivity contribution is -0.139. The van der Waals surface area contributed by atoms with Crippen LogP contribution in [0.2, 0.25) is 0 Å². The highest BCUT2D eigenvalue weighted by molar-refractivity contribution is 5.80. The summed E-state index contributed by atoms with van der Waals surface area (Å²) in [5.41, 5.74) is 0.985. The van der Waals surface area contributed by atoms with Crippen LogP contribution in [-0.4, -0.2) is 42.5 Å². The molecule has 0 unspecified atom stereocenters. The maximum Gasteiger partial charge on any atom is 0.225 e. The molecular weight excluding hydrogens is 316 g/mol. The highest BCUT2D eigenvalue weighted by Gasteiger charge is 2.31. The fraction of sp³-hybridized carbons (Fsp3) is 0.600. The summed E-state index contributed by atoms with van der Waals surface area (Å²) in [7, 11) is 0. The Labute approximate surface area is 149 Å². The molecule has 1 saturated carbocycles. The van der Waals surface area contributed by atoms with Gasteiger partial charge in [-0.25, -0.2) is 0 Å². The normalized spacial score (nSPS) is 18.5. The molecular formula is C20H28N2O3. The second-order valence-corrected chi connectivity index (χ2v) is 7.05. The third kappa shape index (κ3) is 4.74. The van der Waals surface area contributed by atoms with Crippen molar-refractivity contribution in [3.63, 3.8) is 0 Å². The Balaban J connectivity index is 1.40. The number of hydrogen-bond acceptors (Lipinski definition) is 3. The fourth-order valence-corrected chi connectivity index (χ4v) is 3.49. The van der Waals surface area contributed by atoms with Crippen LogP contribution < -0.4 is 10.1 Å². The third-order valence-corrected chi connectivity index (χ3v) is 5.23. The van der Waals surface area contributed by atoms with E-state index in [-0.39, 0.29) is 17.9 Å². The van der Waals surface area contributed by atoms with E-state index < -0.39 is 0 Å². The quantitative estimate of drug-likeness (QED) is 0.863. The second kappa shape index (κ2) is 8.37. The molecule has 3 rings (SSSR count). The van der Waals surface area contributed by atoms with Crippen molar-refractivity contribution in [2.75, 3.05) is 19.7 Å². The van der Waals surface area contributed by atoms with Crippen LogP contribution in [0.3, 0.4) is 0 Å². The van der Waals surface area contributed by atoms with Gasteiger partial charge in [0.05, 0.1) is 13.0 Å². The summed E-state index contributed by atoms with van der Waals surface area (Å²) >= 11 is 0. The molecule has 0 aromatic heterocycles. The molecule has 25 heavy (non-hydrogen) atoms. The second-order valence-electron chi connectivity index (χ2n) is 7.05. The van der Waals surface area contributed by atoms with Crippen LogP contribution in [0.4, 0.5) is 0 Å². The summed E-state index contributed by atoms with van der Waals surface area (Å²) in [6, 6.07) is 7.85. The largest absolute Gasteiger partial charge is 0.494 e. The molecule has 1 aromatic rings. The first-order chi connectivity index (χ1) is 12.2. The van der Waals surface area contributed by atoms with Crippen molar-refractivity contribution in [3.05, 3.63) is 29.8 Å². The minimum atomic E-state index is 0.0490. The van der Waals surface area contributed by atoms with E-state index in [4.69, 9.17) is 4.74 Å². The van der Waals surface area contributed by atoms with Crippen LogP contribution >= 0.6 is 0 Å². The summed E-state index contributed by atoms with van der Waals surface area (Å²) in [5, 5.41) is 3.12. The molecule has 136 valence electrons. The standard InChI is InChI=1S/C20H28N2O3/c1-2-25-18-8-6-15(7-9-18)14-19(23)21-17-10-12-22(13-11-17)20(24)16-4-3-5-16/h6-9,16-17H,2-5,10-14H2,1H3,(H,21,23). The van der Waals surface area contributed by atoms with Crippen molar-refractivity contribution in [3.8, 4) is 5.75 Å². The smallest absolute Gasteiger partial charge is 0.225 e. The monoisotopic (exact) mass is 344 g/mol. The van der Waals surface area contributed by atoms with E-state index >= 15 is 0 Å². The van der Waals surface area contributed by atoms with Gasteiger partial charge in [-0.05, 0) is 50.3 Å². The van der Waals surface area contributed by atoms with E-state index in [9.17, 15) is 9.59 Å². The van der Waals surface area contributed by atoms with Crippen LogP contribution in [0.15, 0.2) is 24.3 Å². The summed E-state index contributed by atoms with van der Waals surface area (Å²) in [5.74, 6) is 1.47. The number of hydrogen-bond donors (Lipinski definition) is 1. The van der Waals surface area contributed by atoms with Gasteiger partial charge in [0, 0.05) is 25.0 Å². The Bertz CT molecular complexity index is 587. The van der Waals surface area contributed by atoms with Crippen LogP contribution in [0.1, 0.15) is 44.6 Å². The summed E-state index contributed by atoms with van der Waals surface area (Å²) in [6.07, 6.45) is 5.39. The number of rotatable bonds is 6. The molecule has 1 aliphatic carbocycles. The highest BCUT2D eigenvalue weighted by atomic mass is 16.5. The fourth-order valence-electron chi connectivity index (χ4n) is 3.49. The number of amides is 2. The predicted octanol–water partition coefficient (Wildman–Crippen LogP) is 2.54. The highest BCUT2D eigenvalue weighted by Crippen LogP contribution is 2.29. The zero-order valence-electron chi connectivity index (χ0n) is 15.0. The number of ether oxygens (including phenoxy) is 1. The lowest BCUT2D eigenvalue weighted by Crippen LogP contribution is -2.49. The van der Waals surface area contributed by atoms with Crippen molar-refractivity contribution in [2.45, 2.75) is 51.5 Å². The van der Waals surface area contributed by atoms with Crippen molar-refractivity contribution >= 4 is 11.8 Å². The molecule has 0 spiro atoms. The van der Waals surface area contributed by atoms with Gasteiger partial charge in [-0.1, -0.05) is 18.6 Å². The Morgan fingerprint density at radius 3 is 2.36 bits per heavy atom. The molecule has 0 radical (unpaired) electrons. The van der Waals surface area contributed by atoms with E-state index in [1.807, 2.05) is 36.1 Å². The maximum absolute atomic E-state index is 12.3. The van der Waals surface area contributed by atoms with Crippen LogP contribution in [0.5, 0.6) is 5.75 Å². The number of likely N-dealkylation sites (tertiary alicyclic amines) is 1. The molecule has 2 amide bonds. The lowest BCUT2D eigenvalue weighted by atomic mass is 9.84. The molecule has 1 N–H and O–H groups in total. The minimum absolute atomic E-state index is 0.0490. The summed E-state index contributed by atoms with van der Waals surface area (Å²) in [4.78, 5) is 26.5. The Morgan fingerprint density at radius 2 is 1.80 bits per heavy atom. The average molecular weight is 344 g/mol. The van der Waals surface area contributed by atoms with Crippen LogP contribution in [0.25, 0.3) is 0 Å². The van der Waals surface area contributed by atoms with Crippen molar-refractivity contribution in [1.82, 2.24) is 10.2 Å². The molecule has 0 atom stereocenters. The molecule has 1 heterocycles. The number of piperidine rings is 1. The van der Waals surface area contributed by atoms with Gasteiger partial charge in [-0.15, -0.1) is 0 Å². The number of carbonyl (C=O) groups excluding carboxylic acids is 2. The molecule has 1 aromatic carbocycles. The first-order valence-electron chi connectivity index (χ1n) is 9.45. The van der Waals surface area contributed by atoms with Gasteiger partial charge < -0.3 is 15.0 Å². The number of nitrogens with zero attached hydrogens (tertiary/aromatic N) is 1. The van der Waals surface area contributed by atoms with Gasteiger partial charge in [-0.3, -0.25) is 9.59 Å². The van der Waals surface area contributed by atoms with Gasteiger partial charge in [-0.2, -0.15) is 0 Å². The maximum atomic E-state index is 12.3. The molecule has 1 saturated heterocycles. The van der Waals surface area contributed by atoms with Gasteiger partial charge in [0.15, 0.2) is 0 Å². The Hall–Kier alpha value is -2.04. The van der Waals surface area contributed by atoms with E-state index in [2.05, 4.69) is 5.32 Å². The van der Waals surface area contributed by atoms with Crippen molar-refractivity contribution in [1.29, 1.82) is 0 Å². The van der Waals surface area contributed by atoms with Crippen molar-refractivity contribution in [2.24, 2.45) is 5.92 Å². The SMILES string of the molecule is CCOc1ccc(CC(=O)NC2CCN(C(=O)C3CCC3)CC2)cc1. The van der Waals surface area contributed by atoms with Gasteiger partial charge >= 0.3 is 0 Å². The first kappa shape index (κ1) is 17.8. The topological polar surface area (TPSA) is 58.6 Å². The van der Waals surface area contributed by atoms with Gasteiger partial charge in [0.1, 0.15) is 5.75 Å². The number of carbonyl (C=O) groups is 2. The summed E-state index contributed by atoms with van der Waals surface area (Å²) < 4.78 is 5.41. The molecule has 0 bridgehead atoms. The molecule has 1 aliphatic heterocycles. The predicted molar refractivity (Wildman–Crippen MR) is 96.4 cm³/mol. The van der Waals surface area contributed by atoms with Crippen molar-refractivity contribution < 1.29 is 14.3 Å². The summed E-state index contributed by atoms with van der Waals surface area (Å²) in [6.45, 7) is 4.13. The first-order valence-corrected chi connectivity index (χ1v) is 9.45. The minimum Gasteiger partial charge on any atom is -0.494 e. The lowest BCUT2D eigenvalue weighted by Gasteiger charge is -2.36. The molecule has 2 fully saturated rings. The zero-order chi connectivity index (χ0) is 17.6. The van der Waals surface area contributed by atoms with Gasteiger partial charge in [0.25, 0.3) is 0 Å². The van der Waals surface area contributed by atoms with E-state index in [0.29, 0.717) is 18.9 Å². The van der Waals surface area contributed by atoms with E-state index in [1.54, 1.807) is 0 Å². The average Bonchev–Trinajstić information content (AvgIpc) is 2.56. The Kier molecular flexibility index (Phi) is 5.95. The number of nitrogens with one attached hydrogen (secondary N) is 1. The molecule has 5 heteroatoms. The van der Waals surface area contributed by atoms with Gasteiger partial charge in [0.2, 0.25) is 11.8 Å². The van der Waals surface area contributed by atoms with Crippen LogP contribution in [-0.2, 0) is 16.0 Å². The third-order valence-electron chi connectivity index (χ3n) is 5.23. The van der Waals surface area contributed by atoms with Crippen LogP contribution in [0, 0.1) is 5.92 Å². The Morgan fingerprint density at radius 1 is 1.12 bits per heavy atom. The van der Waals surface area contributed by atoms with E-state index in [0.717, 1.165) is 50.1 Å². The number of benzene rings is 1. The zero-order valence-corrected chi connectivity index (χ0v) is 15.0. The molecule has 5 nitrogen and oxygen atoms in total. The van der Waals surface area contributed by atoms with E-state index in [1.165, 1.54) is 6.42 Å². The molecule has 2 aliphatic rings.